The minimum atomic E-state index is 0.387. The average molecular weight is 204 g/mol. The third kappa shape index (κ3) is 7.99. The highest BCUT2D eigenvalue weighted by molar-refractivity contribution is 7.80. The normalized spacial score (nSPS) is 12.7. The highest BCUT2D eigenvalue weighted by atomic mass is 32.1. The molecule has 13 heavy (non-hydrogen) atoms. The first kappa shape index (κ1) is 12.7. The minimum Gasteiger partial charge on any atom is -0.384 e. The fourth-order valence-electron chi connectivity index (χ4n) is 0.924. The second-order valence-electron chi connectivity index (χ2n) is 3.57. The quantitative estimate of drug-likeness (QED) is 0.658. The fraction of sp³-hybridized carbons (Fsp3) is 0.889. The molecular weight excluding hydrogens is 184 g/mol. The SMILES string of the molecule is COCC(C)CNC(=S)NC(C)C. The van der Waals surface area contributed by atoms with E-state index in [0.29, 0.717) is 12.0 Å². The lowest BCUT2D eigenvalue weighted by Gasteiger charge is -2.16. The molecule has 0 bridgehead atoms. The van der Waals surface area contributed by atoms with Gasteiger partial charge in [-0.25, -0.2) is 0 Å². The van der Waals surface area contributed by atoms with Crippen molar-refractivity contribution < 1.29 is 4.74 Å². The van der Waals surface area contributed by atoms with Gasteiger partial charge in [0, 0.05) is 19.7 Å². The Morgan fingerprint density at radius 2 is 2.00 bits per heavy atom. The monoisotopic (exact) mass is 204 g/mol. The molecule has 0 radical (unpaired) electrons. The van der Waals surface area contributed by atoms with Crippen molar-refractivity contribution in [2.45, 2.75) is 26.8 Å². The van der Waals surface area contributed by atoms with Gasteiger partial charge in [0.2, 0.25) is 0 Å². The van der Waals surface area contributed by atoms with Gasteiger partial charge in [-0.15, -0.1) is 0 Å². The van der Waals surface area contributed by atoms with Crippen LogP contribution in [0.15, 0.2) is 0 Å². The first-order valence-corrected chi connectivity index (χ1v) is 5.00. The highest BCUT2D eigenvalue weighted by Crippen LogP contribution is 1.91. The maximum absolute atomic E-state index is 5.07. The van der Waals surface area contributed by atoms with Crippen LogP contribution in [0, 0.1) is 5.92 Å². The summed E-state index contributed by atoms with van der Waals surface area (Å²) >= 11 is 5.07. The standard InChI is InChI=1S/C9H20N2OS/c1-7(2)11-9(13)10-5-8(3)6-12-4/h7-8H,5-6H2,1-4H3,(H2,10,11,13). The van der Waals surface area contributed by atoms with Gasteiger partial charge in [0.05, 0.1) is 6.61 Å². The molecule has 0 aliphatic carbocycles. The fourth-order valence-corrected chi connectivity index (χ4v) is 1.24. The summed E-state index contributed by atoms with van der Waals surface area (Å²) in [5.74, 6) is 0.483. The number of methoxy groups -OCH3 is 1. The third-order valence-corrected chi connectivity index (χ3v) is 1.74. The molecule has 0 heterocycles. The second kappa shape index (κ2) is 7.09. The Morgan fingerprint density at radius 1 is 1.38 bits per heavy atom. The zero-order valence-corrected chi connectivity index (χ0v) is 9.70. The minimum absolute atomic E-state index is 0.387. The summed E-state index contributed by atoms with van der Waals surface area (Å²) in [7, 11) is 1.71. The third-order valence-electron chi connectivity index (χ3n) is 1.48. The summed E-state index contributed by atoms with van der Waals surface area (Å²) < 4.78 is 5.01. The van der Waals surface area contributed by atoms with Crippen molar-refractivity contribution in [1.29, 1.82) is 0 Å². The van der Waals surface area contributed by atoms with Gasteiger partial charge in [0.15, 0.2) is 5.11 Å². The van der Waals surface area contributed by atoms with Gasteiger partial charge in [0.1, 0.15) is 0 Å². The maximum atomic E-state index is 5.07. The van der Waals surface area contributed by atoms with Crippen LogP contribution in [0.25, 0.3) is 0 Å². The predicted octanol–water partition coefficient (Wildman–Crippen LogP) is 1.14. The van der Waals surface area contributed by atoms with Crippen LogP contribution in [-0.4, -0.2) is 31.4 Å². The Labute approximate surface area is 86.2 Å². The van der Waals surface area contributed by atoms with Gasteiger partial charge in [-0.05, 0) is 32.0 Å². The number of ether oxygens (including phenoxy) is 1. The number of hydrogen-bond acceptors (Lipinski definition) is 2. The Hall–Kier alpha value is -0.350. The molecule has 3 nitrogen and oxygen atoms in total. The molecule has 0 rings (SSSR count). The van der Waals surface area contributed by atoms with E-state index >= 15 is 0 Å². The van der Waals surface area contributed by atoms with Crippen LogP contribution >= 0.6 is 12.2 Å². The van der Waals surface area contributed by atoms with Crippen molar-refractivity contribution in [3.63, 3.8) is 0 Å². The molecule has 0 aliphatic heterocycles. The summed E-state index contributed by atoms with van der Waals surface area (Å²) in [6, 6.07) is 0.387. The highest BCUT2D eigenvalue weighted by Gasteiger charge is 2.02. The molecule has 2 N–H and O–H groups in total. The lowest BCUT2D eigenvalue weighted by Crippen LogP contribution is -2.41. The van der Waals surface area contributed by atoms with E-state index in [2.05, 4.69) is 31.4 Å². The molecule has 0 aromatic carbocycles. The first-order valence-electron chi connectivity index (χ1n) is 4.59. The Morgan fingerprint density at radius 3 is 2.46 bits per heavy atom. The predicted molar refractivity (Wildman–Crippen MR) is 59.9 cm³/mol. The van der Waals surface area contributed by atoms with Crippen molar-refractivity contribution in [3.8, 4) is 0 Å². The van der Waals surface area contributed by atoms with Crippen LogP contribution in [-0.2, 0) is 4.74 Å². The van der Waals surface area contributed by atoms with E-state index in [1.54, 1.807) is 7.11 Å². The topological polar surface area (TPSA) is 33.3 Å². The van der Waals surface area contributed by atoms with Gasteiger partial charge >= 0.3 is 0 Å². The Kier molecular flexibility index (Phi) is 6.90. The van der Waals surface area contributed by atoms with Crippen LogP contribution in [0.1, 0.15) is 20.8 Å². The van der Waals surface area contributed by atoms with Crippen LogP contribution in [0.2, 0.25) is 0 Å². The average Bonchev–Trinajstić information content (AvgIpc) is 2.00. The lowest BCUT2D eigenvalue weighted by molar-refractivity contribution is 0.161. The van der Waals surface area contributed by atoms with E-state index in [1.165, 1.54) is 0 Å². The second-order valence-corrected chi connectivity index (χ2v) is 3.98. The first-order chi connectivity index (χ1) is 6.06. The molecule has 0 amide bonds. The van der Waals surface area contributed by atoms with Crippen molar-refractivity contribution in [2.75, 3.05) is 20.3 Å². The molecule has 0 aliphatic rings. The van der Waals surface area contributed by atoms with E-state index in [9.17, 15) is 0 Å². The number of nitrogens with one attached hydrogen (secondary N) is 2. The molecule has 0 fully saturated rings. The van der Waals surface area contributed by atoms with Crippen LogP contribution in [0.4, 0.5) is 0 Å². The molecule has 78 valence electrons. The summed E-state index contributed by atoms with van der Waals surface area (Å²) in [5, 5.41) is 6.98. The Balaban J connectivity index is 3.46. The smallest absolute Gasteiger partial charge is 0.166 e. The van der Waals surface area contributed by atoms with E-state index in [1.807, 2.05) is 0 Å². The van der Waals surface area contributed by atoms with Crippen molar-refractivity contribution in [3.05, 3.63) is 0 Å². The van der Waals surface area contributed by atoms with Crippen LogP contribution < -0.4 is 10.6 Å². The molecular formula is C9H20N2OS. The molecule has 0 aromatic heterocycles. The molecule has 1 unspecified atom stereocenters. The van der Waals surface area contributed by atoms with Gasteiger partial charge in [-0.1, -0.05) is 6.92 Å². The molecule has 0 spiro atoms. The number of thiocarbonyl (C=S) groups is 1. The largest absolute Gasteiger partial charge is 0.384 e. The maximum Gasteiger partial charge on any atom is 0.166 e. The van der Waals surface area contributed by atoms with Gasteiger partial charge in [-0.2, -0.15) is 0 Å². The summed E-state index contributed by atoms with van der Waals surface area (Å²) in [6.07, 6.45) is 0. The summed E-state index contributed by atoms with van der Waals surface area (Å²) in [4.78, 5) is 0. The van der Waals surface area contributed by atoms with E-state index < -0.39 is 0 Å². The van der Waals surface area contributed by atoms with Gasteiger partial charge in [0.25, 0.3) is 0 Å². The molecule has 0 aromatic rings. The molecule has 4 heteroatoms. The Bertz CT molecular complexity index is 151. The van der Waals surface area contributed by atoms with Crippen LogP contribution in [0.3, 0.4) is 0 Å². The molecule has 0 saturated heterocycles. The van der Waals surface area contributed by atoms with Crippen molar-refractivity contribution >= 4 is 17.3 Å². The summed E-state index contributed by atoms with van der Waals surface area (Å²) in [5.41, 5.74) is 0. The van der Waals surface area contributed by atoms with E-state index in [0.717, 1.165) is 18.3 Å². The molecule has 1 atom stereocenters. The van der Waals surface area contributed by atoms with E-state index in [-0.39, 0.29) is 0 Å². The van der Waals surface area contributed by atoms with Gasteiger partial charge in [-0.3, -0.25) is 0 Å². The lowest BCUT2D eigenvalue weighted by atomic mass is 10.2. The number of hydrogen-bond donors (Lipinski definition) is 2. The van der Waals surface area contributed by atoms with Crippen LogP contribution in [0.5, 0.6) is 0 Å². The summed E-state index contributed by atoms with van der Waals surface area (Å²) in [6.45, 7) is 7.86. The van der Waals surface area contributed by atoms with Crippen molar-refractivity contribution in [1.82, 2.24) is 10.6 Å². The van der Waals surface area contributed by atoms with Gasteiger partial charge < -0.3 is 15.4 Å². The van der Waals surface area contributed by atoms with E-state index in [4.69, 9.17) is 17.0 Å². The number of rotatable bonds is 5. The zero-order chi connectivity index (χ0) is 10.3. The molecule has 0 saturated carbocycles. The van der Waals surface area contributed by atoms with Crippen molar-refractivity contribution in [2.24, 2.45) is 5.92 Å². The zero-order valence-electron chi connectivity index (χ0n) is 8.89.